The maximum atomic E-state index is 12.5. The van der Waals surface area contributed by atoms with Gasteiger partial charge >= 0.3 is 6.18 Å². The fourth-order valence-electron chi connectivity index (χ4n) is 1.25. The topological polar surface area (TPSA) is 4.93 Å². The summed E-state index contributed by atoms with van der Waals surface area (Å²) in [5.41, 5.74) is -0.314. The molecule has 0 amide bonds. The SMILES string of the molecule is C#CCc1cc(C(F)(F)F)n(CC#C)c1. The van der Waals surface area contributed by atoms with Crippen molar-refractivity contribution in [2.24, 2.45) is 0 Å². The summed E-state index contributed by atoms with van der Waals surface area (Å²) in [4.78, 5) is 0. The maximum absolute atomic E-state index is 12.5. The lowest BCUT2D eigenvalue weighted by atomic mass is 10.2. The van der Waals surface area contributed by atoms with E-state index in [0.717, 1.165) is 10.6 Å². The summed E-state index contributed by atoms with van der Waals surface area (Å²) in [5, 5.41) is 0. The van der Waals surface area contributed by atoms with Gasteiger partial charge in [0.25, 0.3) is 0 Å². The number of halogens is 3. The predicted molar refractivity (Wildman–Crippen MR) is 50.8 cm³/mol. The van der Waals surface area contributed by atoms with Gasteiger partial charge in [0, 0.05) is 12.6 Å². The van der Waals surface area contributed by atoms with Crippen LogP contribution in [0.15, 0.2) is 12.3 Å². The van der Waals surface area contributed by atoms with E-state index in [0.29, 0.717) is 5.56 Å². The normalized spacial score (nSPS) is 10.7. The zero-order valence-corrected chi connectivity index (χ0v) is 7.80. The number of hydrogen-bond acceptors (Lipinski definition) is 0. The van der Waals surface area contributed by atoms with Crippen LogP contribution in [0.25, 0.3) is 0 Å². The monoisotopic (exact) mass is 211 g/mol. The molecule has 0 aliphatic rings. The first-order valence-electron chi connectivity index (χ1n) is 4.12. The first kappa shape index (κ1) is 11.3. The molecular formula is C11H8F3N. The highest BCUT2D eigenvalue weighted by molar-refractivity contribution is 5.25. The molecule has 1 heterocycles. The van der Waals surface area contributed by atoms with Crippen molar-refractivity contribution in [1.29, 1.82) is 0 Å². The molecule has 0 fully saturated rings. The summed E-state index contributed by atoms with van der Waals surface area (Å²) in [5.74, 6) is 4.45. The Hall–Kier alpha value is -1.81. The van der Waals surface area contributed by atoms with E-state index in [1.54, 1.807) is 0 Å². The Bertz CT molecular complexity index is 426. The lowest BCUT2D eigenvalue weighted by Gasteiger charge is -2.08. The van der Waals surface area contributed by atoms with Crippen molar-refractivity contribution in [2.75, 3.05) is 0 Å². The second-order valence-corrected chi connectivity index (χ2v) is 2.94. The Kier molecular flexibility index (Phi) is 3.11. The first-order chi connectivity index (χ1) is 6.99. The first-order valence-corrected chi connectivity index (χ1v) is 4.12. The molecule has 1 aromatic heterocycles. The molecule has 1 aromatic rings. The van der Waals surface area contributed by atoms with Crippen molar-refractivity contribution in [3.05, 3.63) is 23.5 Å². The number of alkyl halides is 3. The smallest absolute Gasteiger partial charge is 0.332 e. The Morgan fingerprint density at radius 3 is 2.40 bits per heavy atom. The molecule has 0 spiro atoms. The highest BCUT2D eigenvalue weighted by atomic mass is 19.4. The molecular weight excluding hydrogens is 203 g/mol. The summed E-state index contributed by atoms with van der Waals surface area (Å²) in [6.45, 7) is -0.112. The second-order valence-electron chi connectivity index (χ2n) is 2.94. The number of terminal acetylenes is 2. The third-order valence-electron chi connectivity index (χ3n) is 1.81. The van der Waals surface area contributed by atoms with Gasteiger partial charge in [0.2, 0.25) is 0 Å². The maximum Gasteiger partial charge on any atom is 0.431 e. The van der Waals surface area contributed by atoms with Gasteiger partial charge in [-0.05, 0) is 11.6 Å². The van der Waals surface area contributed by atoms with Crippen molar-refractivity contribution in [2.45, 2.75) is 19.1 Å². The van der Waals surface area contributed by atoms with Gasteiger partial charge in [-0.2, -0.15) is 13.2 Å². The summed E-state index contributed by atoms with van der Waals surface area (Å²) >= 11 is 0. The summed E-state index contributed by atoms with van der Waals surface area (Å²) in [6, 6.07) is 1.02. The minimum Gasteiger partial charge on any atom is -0.332 e. The minimum absolute atomic E-state index is 0.112. The van der Waals surface area contributed by atoms with Crippen LogP contribution in [0.3, 0.4) is 0 Å². The third-order valence-corrected chi connectivity index (χ3v) is 1.81. The molecule has 0 radical (unpaired) electrons. The minimum atomic E-state index is -4.40. The molecule has 0 aliphatic heterocycles. The largest absolute Gasteiger partial charge is 0.431 e. The summed E-state index contributed by atoms with van der Waals surface area (Å²) in [6.07, 6.45) is 7.10. The lowest BCUT2D eigenvalue weighted by Crippen LogP contribution is -2.12. The average Bonchev–Trinajstić information content (AvgIpc) is 2.49. The zero-order chi connectivity index (χ0) is 11.5. The van der Waals surface area contributed by atoms with Crippen LogP contribution in [0.1, 0.15) is 11.3 Å². The molecule has 0 aromatic carbocycles. The highest BCUT2D eigenvalue weighted by Gasteiger charge is 2.34. The molecule has 0 N–H and O–H groups in total. The number of hydrogen-bond donors (Lipinski definition) is 0. The number of rotatable bonds is 2. The molecule has 0 atom stereocenters. The molecule has 4 heteroatoms. The number of aromatic nitrogens is 1. The predicted octanol–water partition coefficient (Wildman–Crippen LogP) is 2.32. The molecule has 1 rings (SSSR count). The van der Waals surface area contributed by atoms with Crippen LogP contribution >= 0.6 is 0 Å². The van der Waals surface area contributed by atoms with E-state index in [4.69, 9.17) is 12.8 Å². The van der Waals surface area contributed by atoms with Gasteiger partial charge in [0.1, 0.15) is 5.69 Å². The molecule has 0 bridgehead atoms. The molecule has 0 saturated heterocycles. The van der Waals surface area contributed by atoms with E-state index in [1.165, 1.54) is 6.20 Å². The van der Waals surface area contributed by atoms with Crippen LogP contribution in [0.2, 0.25) is 0 Å². The zero-order valence-electron chi connectivity index (χ0n) is 7.80. The van der Waals surface area contributed by atoms with Crippen LogP contribution in [0.5, 0.6) is 0 Å². The Morgan fingerprint density at radius 2 is 1.93 bits per heavy atom. The van der Waals surface area contributed by atoms with E-state index < -0.39 is 11.9 Å². The van der Waals surface area contributed by atoms with E-state index >= 15 is 0 Å². The number of nitrogens with zero attached hydrogens (tertiary/aromatic N) is 1. The van der Waals surface area contributed by atoms with Gasteiger partial charge in [-0.3, -0.25) is 0 Å². The lowest BCUT2D eigenvalue weighted by molar-refractivity contribution is -0.143. The standard InChI is InChI=1S/C11H8F3N/c1-3-5-9-7-10(11(12,13)14)15(8-9)6-4-2/h1-2,7-8H,5-6H2. The second kappa shape index (κ2) is 4.14. The quantitative estimate of drug-likeness (QED) is 0.661. The van der Waals surface area contributed by atoms with Gasteiger partial charge in [0.05, 0.1) is 6.54 Å². The van der Waals surface area contributed by atoms with Gasteiger partial charge in [-0.25, -0.2) is 0 Å². The molecule has 15 heavy (non-hydrogen) atoms. The van der Waals surface area contributed by atoms with Crippen LogP contribution in [-0.4, -0.2) is 4.57 Å². The highest BCUT2D eigenvalue weighted by Crippen LogP contribution is 2.30. The Labute approximate surface area is 85.9 Å². The van der Waals surface area contributed by atoms with Crippen LogP contribution in [0.4, 0.5) is 13.2 Å². The summed E-state index contributed by atoms with van der Waals surface area (Å²) < 4.78 is 38.4. The van der Waals surface area contributed by atoms with Crippen molar-refractivity contribution in [3.8, 4) is 24.7 Å². The fraction of sp³-hybridized carbons (Fsp3) is 0.273. The van der Waals surface area contributed by atoms with Gasteiger partial charge in [-0.1, -0.05) is 5.92 Å². The molecule has 78 valence electrons. The third kappa shape index (κ3) is 2.57. The molecule has 0 saturated carbocycles. The van der Waals surface area contributed by atoms with Crippen LogP contribution < -0.4 is 0 Å². The van der Waals surface area contributed by atoms with Crippen LogP contribution in [0, 0.1) is 24.7 Å². The van der Waals surface area contributed by atoms with Crippen molar-refractivity contribution in [3.63, 3.8) is 0 Å². The van der Waals surface area contributed by atoms with E-state index in [-0.39, 0.29) is 13.0 Å². The van der Waals surface area contributed by atoms with E-state index in [2.05, 4.69) is 11.8 Å². The van der Waals surface area contributed by atoms with Crippen molar-refractivity contribution < 1.29 is 13.2 Å². The van der Waals surface area contributed by atoms with Crippen molar-refractivity contribution >= 4 is 0 Å². The van der Waals surface area contributed by atoms with Gasteiger partial charge in [-0.15, -0.1) is 18.8 Å². The summed E-state index contributed by atoms with van der Waals surface area (Å²) in [7, 11) is 0. The molecule has 1 nitrogen and oxygen atoms in total. The van der Waals surface area contributed by atoms with Crippen molar-refractivity contribution in [1.82, 2.24) is 4.57 Å². The van der Waals surface area contributed by atoms with Gasteiger partial charge in [0.15, 0.2) is 0 Å². The van der Waals surface area contributed by atoms with E-state index in [1.807, 2.05) is 0 Å². The van der Waals surface area contributed by atoms with Crippen LogP contribution in [-0.2, 0) is 19.1 Å². The van der Waals surface area contributed by atoms with Gasteiger partial charge < -0.3 is 4.57 Å². The Balaban J connectivity index is 3.14. The average molecular weight is 211 g/mol. The van der Waals surface area contributed by atoms with E-state index in [9.17, 15) is 13.2 Å². The fourth-order valence-corrected chi connectivity index (χ4v) is 1.25. The Morgan fingerprint density at radius 1 is 1.27 bits per heavy atom. The molecule has 0 aliphatic carbocycles. The molecule has 0 unspecified atom stereocenters.